The minimum Gasteiger partial charge on any atom is -0.393 e. The molecule has 3 rings (SSSR count). The lowest BCUT2D eigenvalue weighted by atomic mass is 9.80. The molecule has 0 aromatic carbocycles. The highest BCUT2D eigenvalue weighted by molar-refractivity contribution is 4.92. The Bertz CT molecular complexity index is 521. The maximum atomic E-state index is 12.3. The molecule has 1 N–H and O–H groups in total. The van der Waals surface area contributed by atoms with Crippen molar-refractivity contribution in [3.05, 3.63) is 5.82 Å². The summed E-state index contributed by atoms with van der Waals surface area (Å²) in [7, 11) is 0. The largest absolute Gasteiger partial charge is 0.409 e. The fourth-order valence-electron chi connectivity index (χ4n) is 3.87. The van der Waals surface area contributed by atoms with Gasteiger partial charge in [-0.1, -0.05) is 12.8 Å². The molecular weight excluding hydrogens is 311 g/mol. The van der Waals surface area contributed by atoms with Crippen LogP contribution in [0.4, 0.5) is 13.2 Å². The molecule has 2 aliphatic rings. The molecule has 6 nitrogen and oxygen atoms in total. The van der Waals surface area contributed by atoms with Crippen molar-refractivity contribution >= 4 is 0 Å². The van der Waals surface area contributed by atoms with E-state index >= 15 is 0 Å². The fraction of sp³-hybridized carbons (Fsp3) is 0.929. The molecule has 0 amide bonds. The van der Waals surface area contributed by atoms with Crippen LogP contribution in [0.5, 0.6) is 0 Å². The molecule has 2 heterocycles. The smallest absolute Gasteiger partial charge is 0.393 e. The highest BCUT2D eigenvalue weighted by Gasteiger charge is 2.37. The van der Waals surface area contributed by atoms with Gasteiger partial charge in [0.25, 0.3) is 0 Å². The van der Waals surface area contributed by atoms with Crippen molar-refractivity contribution in [3.63, 3.8) is 0 Å². The molecule has 1 aromatic heterocycles. The Morgan fingerprint density at radius 3 is 2.65 bits per heavy atom. The van der Waals surface area contributed by atoms with Crippen LogP contribution < -0.4 is 0 Å². The summed E-state index contributed by atoms with van der Waals surface area (Å²) in [6, 6.07) is 0.264. The second-order valence-electron chi connectivity index (χ2n) is 6.55. The number of aromatic nitrogens is 4. The van der Waals surface area contributed by atoms with E-state index in [2.05, 4.69) is 20.3 Å². The summed E-state index contributed by atoms with van der Waals surface area (Å²) in [5, 5.41) is 21.3. The molecule has 3 atom stereocenters. The van der Waals surface area contributed by atoms with Gasteiger partial charge in [0.15, 0.2) is 12.4 Å². The van der Waals surface area contributed by atoms with Crippen LogP contribution in [0, 0.1) is 5.92 Å². The quantitative estimate of drug-likeness (QED) is 0.909. The third kappa shape index (κ3) is 4.20. The lowest BCUT2D eigenvalue weighted by molar-refractivity contribution is -0.145. The first-order valence-electron chi connectivity index (χ1n) is 8.18. The van der Waals surface area contributed by atoms with Gasteiger partial charge in [-0.25, -0.2) is 0 Å². The van der Waals surface area contributed by atoms with Crippen molar-refractivity contribution in [3.8, 4) is 0 Å². The molecule has 0 spiro atoms. The molecule has 23 heavy (non-hydrogen) atoms. The SMILES string of the molecule is O[C@@H]1CCCC[C@@H]1[C@H]1CCCN1Cc1nnn(CC(F)(F)F)n1. The van der Waals surface area contributed by atoms with E-state index in [9.17, 15) is 18.3 Å². The minimum absolute atomic E-state index is 0.247. The topological polar surface area (TPSA) is 67.1 Å². The maximum Gasteiger partial charge on any atom is 0.409 e. The van der Waals surface area contributed by atoms with E-state index in [0.29, 0.717) is 17.2 Å². The number of aliphatic hydroxyl groups excluding tert-OH is 1. The molecule has 130 valence electrons. The van der Waals surface area contributed by atoms with Gasteiger partial charge in [0, 0.05) is 12.0 Å². The third-order valence-electron chi connectivity index (χ3n) is 4.85. The predicted molar refractivity (Wildman–Crippen MR) is 75.3 cm³/mol. The number of tetrazole rings is 1. The Morgan fingerprint density at radius 2 is 1.91 bits per heavy atom. The standard InChI is InChI=1S/C14H22F3N5O/c15-14(16,17)9-22-19-13(18-20-22)8-21-7-3-5-11(21)10-4-1-2-6-12(10)23/h10-12,23H,1-9H2/t10-,11-,12-/m1/s1. The second-order valence-corrected chi connectivity index (χ2v) is 6.55. The first-order valence-corrected chi connectivity index (χ1v) is 8.18. The number of hydrogen-bond donors (Lipinski definition) is 1. The fourth-order valence-corrected chi connectivity index (χ4v) is 3.87. The van der Waals surface area contributed by atoms with Crippen molar-refractivity contribution in [2.45, 2.75) is 69.9 Å². The predicted octanol–water partition coefficient (Wildman–Crippen LogP) is 1.75. The van der Waals surface area contributed by atoms with Gasteiger partial charge in [0.2, 0.25) is 0 Å². The highest BCUT2D eigenvalue weighted by Crippen LogP contribution is 2.35. The van der Waals surface area contributed by atoms with Crippen LogP contribution in [0.1, 0.15) is 44.3 Å². The zero-order chi connectivity index (χ0) is 16.4. The van der Waals surface area contributed by atoms with Gasteiger partial charge >= 0.3 is 6.18 Å². The molecule has 9 heteroatoms. The van der Waals surface area contributed by atoms with Gasteiger partial charge in [-0.3, -0.25) is 4.90 Å². The summed E-state index contributed by atoms with van der Waals surface area (Å²) in [6.45, 7) is 0.0399. The lowest BCUT2D eigenvalue weighted by Gasteiger charge is -2.36. The Labute approximate surface area is 132 Å². The van der Waals surface area contributed by atoms with Crippen LogP contribution in [0.15, 0.2) is 0 Å². The molecule has 1 saturated carbocycles. The summed E-state index contributed by atoms with van der Waals surface area (Å²) in [4.78, 5) is 2.78. The molecule has 1 saturated heterocycles. The normalized spacial score (nSPS) is 30.0. The van der Waals surface area contributed by atoms with E-state index < -0.39 is 12.7 Å². The van der Waals surface area contributed by atoms with Crippen LogP contribution >= 0.6 is 0 Å². The number of aliphatic hydroxyl groups is 1. The first kappa shape index (κ1) is 16.6. The zero-order valence-corrected chi connectivity index (χ0v) is 12.9. The maximum absolute atomic E-state index is 12.3. The molecule has 1 aliphatic heterocycles. The molecular formula is C14H22F3N5O. The van der Waals surface area contributed by atoms with Gasteiger partial charge in [0.1, 0.15) is 0 Å². The van der Waals surface area contributed by atoms with Gasteiger partial charge < -0.3 is 5.11 Å². The van der Waals surface area contributed by atoms with Gasteiger partial charge in [-0.2, -0.15) is 18.0 Å². The summed E-state index contributed by atoms with van der Waals surface area (Å²) in [5.41, 5.74) is 0. The molecule has 2 fully saturated rings. The Morgan fingerprint density at radius 1 is 1.13 bits per heavy atom. The van der Waals surface area contributed by atoms with Crippen LogP contribution in [-0.2, 0) is 13.1 Å². The van der Waals surface area contributed by atoms with Gasteiger partial charge in [-0.15, -0.1) is 10.2 Å². The monoisotopic (exact) mass is 333 g/mol. The highest BCUT2D eigenvalue weighted by atomic mass is 19.4. The van der Waals surface area contributed by atoms with E-state index in [0.717, 1.165) is 45.1 Å². The van der Waals surface area contributed by atoms with E-state index in [1.54, 1.807) is 0 Å². The number of rotatable bonds is 4. The van der Waals surface area contributed by atoms with E-state index in [1.165, 1.54) is 0 Å². The summed E-state index contributed by atoms with van der Waals surface area (Å²) in [6.07, 6.45) is 1.47. The molecule has 1 aromatic rings. The van der Waals surface area contributed by atoms with Crippen molar-refractivity contribution in [1.29, 1.82) is 0 Å². The number of alkyl halides is 3. The Hall–Kier alpha value is -1.22. The van der Waals surface area contributed by atoms with Gasteiger partial charge in [-0.05, 0) is 37.4 Å². The van der Waals surface area contributed by atoms with Gasteiger partial charge in [0.05, 0.1) is 12.6 Å². The second kappa shape index (κ2) is 6.72. The molecule has 0 bridgehead atoms. The first-order chi connectivity index (χ1) is 10.9. The lowest BCUT2D eigenvalue weighted by Crippen LogP contribution is -2.42. The Balaban J connectivity index is 1.62. The third-order valence-corrected chi connectivity index (χ3v) is 4.85. The average molecular weight is 333 g/mol. The zero-order valence-electron chi connectivity index (χ0n) is 12.9. The summed E-state index contributed by atoms with van der Waals surface area (Å²) in [5.74, 6) is 0.558. The van der Waals surface area contributed by atoms with Crippen molar-refractivity contribution in [1.82, 2.24) is 25.1 Å². The number of nitrogens with zero attached hydrogens (tertiary/aromatic N) is 5. The number of halogens is 3. The number of hydrogen-bond acceptors (Lipinski definition) is 5. The molecule has 1 aliphatic carbocycles. The van der Waals surface area contributed by atoms with E-state index in [-0.39, 0.29) is 18.1 Å². The Kier molecular flexibility index (Phi) is 4.86. The molecule has 0 radical (unpaired) electrons. The summed E-state index contributed by atoms with van der Waals surface area (Å²) >= 11 is 0. The van der Waals surface area contributed by atoms with Crippen LogP contribution in [0.2, 0.25) is 0 Å². The van der Waals surface area contributed by atoms with Crippen LogP contribution in [0.3, 0.4) is 0 Å². The molecule has 0 unspecified atom stereocenters. The average Bonchev–Trinajstić information content (AvgIpc) is 3.08. The minimum atomic E-state index is -4.35. The van der Waals surface area contributed by atoms with E-state index in [4.69, 9.17) is 0 Å². The van der Waals surface area contributed by atoms with Crippen LogP contribution in [0.25, 0.3) is 0 Å². The van der Waals surface area contributed by atoms with Crippen LogP contribution in [-0.4, -0.2) is 55.1 Å². The summed E-state index contributed by atoms with van der Waals surface area (Å²) < 4.78 is 37.0. The number of likely N-dealkylation sites (tertiary alicyclic amines) is 1. The van der Waals surface area contributed by atoms with Crippen molar-refractivity contribution in [2.75, 3.05) is 6.54 Å². The van der Waals surface area contributed by atoms with Crippen molar-refractivity contribution in [2.24, 2.45) is 5.92 Å². The van der Waals surface area contributed by atoms with Crippen molar-refractivity contribution < 1.29 is 18.3 Å². The van der Waals surface area contributed by atoms with E-state index in [1.807, 2.05) is 0 Å².